The van der Waals surface area contributed by atoms with Crippen molar-refractivity contribution in [1.82, 2.24) is 19.2 Å². The molecule has 74 valence electrons. The summed E-state index contributed by atoms with van der Waals surface area (Å²) in [4.78, 5) is 18.4. The van der Waals surface area contributed by atoms with Crippen molar-refractivity contribution in [2.45, 2.75) is 6.92 Å². The van der Waals surface area contributed by atoms with Gasteiger partial charge in [0.2, 0.25) is 5.62 Å². The molecule has 0 saturated heterocycles. The highest BCUT2D eigenvalue weighted by atomic mass is 16.1. The van der Waals surface area contributed by atoms with E-state index in [1.807, 2.05) is 0 Å². The lowest BCUT2D eigenvalue weighted by Gasteiger charge is -2.03. The van der Waals surface area contributed by atoms with E-state index in [-0.39, 0.29) is 5.62 Å². The highest BCUT2D eigenvalue weighted by Gasteiger charge is 2.09. The quantitative estimate of drug-likeness (QED) is 0.447. The minimum atomic E-state index is -0.441. The van der Waals surface area contributed by atoms with Crippen LogP contribution in [0.1, 0.15) is 5.82 Å². The van der Waals surface area contributed by atoms with Crippen LogP contribution in [0.2, 0.25) is 0 Å². The zero-order chi connectivity index (χ0) is 10.5. The van der Waals surface area contributed by atoms with Crippen molar-refractivity contribution < 1.29 is 0 Å². The fourth-order valence-electron chi connectivity index (χ4n) is 1.35. The van der Waals surface area contributed by atoms with Crippen molar-refractivity contribution in [2.24, 2.45) is 7.05 Å². The van der Waals surface area contributed by atoms with E-state index in [1.54, 1.807) is 14.0 Å². The van der Waals surface area contributed by atoms with E-state index in [0.717, 1.165) is 4.68 Å². The summed E-state index contributed by atoms with van der Waals surface area (Å²) < 4.78 is 2.22. The number of hydrogen-bond donors (Lipinski definition) is 3. The van der Waals surface area contributed by atoms with Crippen LogP contribution in [-0.2, 0) is 7.05 Å². The number of hydrogen-bond acceptors (Lipinski definition) is 4. The minimum absolute atomic E-state index is 0.0889. The van der Waals surface area contributed by atoms with Crippen molar-refractivity contribution >= 4 is 11.2 Å². The monoisotopic (exact) mass is 194 g/mol. The number of fused-ring (bicyclic) bond motifs is 1. The topological polar surface area (TPSA) is 105 Å². The first-order valence-electron chi connectivity index (χ1n) is 4.00. The Labute approximate surface area is 78.3 Å². The van der Waals surface area contributed by atoms with Gasteiger partial charge in [0.15, 0.2) is 11.2 Å². The number of nitrogens with two attached hydrogens (primary N) is 1. The molecule has 14 heavy (non-hydrogen) atoms. The zero-order valence-corrected chi connectivity index (χ0v) is 7.83. The molecule has 0 unspecified atom stereocenters. The van der Waals surface area contributed by atoms with E-state index < -0.39 is 5.56 Å². The molecule has 7 nitrogen and oxygen atoms in total. The lowest BCUT2D eigenvalue weighted by molar-refractivity contribution is 0.698. The molecule has 0 radical (unpaired) electrons. The Hall–Kier alpha value is -2.05. The molecular formula is C7H10N6O. The van der Waals surface area contributed by atoms with Gasteiger partial charge in [0, 0.05) is 7.05 Å². The number of imidazole rings is 1. The maximum atomic E-state index is 11.5. The van der Waals surface area contributed by atoms with Crippen molar-refractivity contribution in [2.75, 3.05) is 5.84 Å². The number of aromatic nitrogens is 4. The normalized spacial score (nSPS) is 11.0. The summed E-state index contributed by atoms with van der Waals surface area (Å²) in [6, 6.07) is 0. The third-order valence-electron chi connectivity index (χ3n) is 2.10. The highest BCUT2D eigenvalue weighted by molar-refractivity contribution is 5.69. The van der Waals surface area contributed by atoms with Gasteiger partial charge in [-0.05, 0) is 6.92 Å². The second-order valence-corrected chi connectivity index (χ2v) is 3.08. The van der Waals surface area contributed by atoms with Crippen LogP contribution in [0, 0.1) is 12.3 Å². The smallest absolute Gasteiger partial charge is 0.299 e. The molecule has 7 heteroatoms. The summed E-state index contributed by atoms with van der Waals surface area (Å²) in [6.07, 6.45) is 0. The maximum Gasteiger partial charge on any atom is 0.299 e. The molecule has 2 aromatic heterocycles. The molecule has 0 aliphatic rings. The van der Waals surface area contributed by atoms with Crippen LogP contribution in [0.25, 0.3) is 11.2 Å². The summed E-state index contributed by atoms with van der Waals surface area (Å²) in [5.74, 6) is 6.03. The van der Waals surface area contributed by atoms with Crippen LogP contribution < -0.4 is 17.0 Å². The molecule has 0 fully saturated rings. The van der Waals surface area contributed by atoms with Gasteiger partial charge in [0.05, 0.1) is 0 Å². The average molecular weight is 194 g/mol. The van der Waals surface area contributed by atoms with E-state index in [9.17, 15) is 4.79 Å². The fourth-order valence-corrected chi connectivity index (χ4v) is 1.35. The molecule has 0 aliphatic heterocycles. The van der Waals surface area contributed by atoms with Gasteiger partial charge in [-0.3, -0.25) is 14.8 Å². The largest absolute Gasteiger partial charge is 0.336 e. The van der Waals surface area contributed by atoms with Crippen LogP contribution >= 0.6 is 0 Å². The third-order valence-corrected chi connectivity index (χ3v) is 2.10. The van der Waals surface area contributed by atoms with Gasteiger partial charge >= 0.3 is 0 Å². The Bertz CT molecular complexity index is 615. The molecule has 0 atom stereocenters. The van der Waals surface area contributed by atoms with E-state index in [1.165, 1.54) is 4.57 Å². The zero-order valence-electron chi connectivity index (χ0n) is 7.83. The van der Waals surface area contributed by atoms with Gasteiger partial charge in [0.1, 0.15) is 5.82 Å². The van der Waals surface area contributed by atoms with E-state index in [4.69, 9.17) is 11.3 Å². The van der Waals surface area contributed by atoms with Crippen molar-refractivity contribution in [1.29, 1.82) is 5.41 Å². The summed E-state index contributed by atoms with van der Waals surface area (Å²) in [6.45, 7) is 1.74. The summed E-state index contributed by atoms with van der Waals surface area (Å²) in [5.41, 5.74) is 0.236. The second kappa shape index (κ2) is 2.47. The molecule has 4 N–H and O–H groups in total. The van der Waals surface area contributed by atoms with Crippen LogP contribution in [0.3, 0.4) is 0 Å². The van der Waals surface area contributed by atoms with Gasteiger partial charge < -0.3 is 10.8 Å². The predicted molar refractivity (Wildman–Crippen MR) is 50.1 cm³/mol. The molecular weight excluding hydrogens is 184 g/mol. The molecule has 2 heterocycles. The van der Waals surface area contributed by atoms with Crippen LogP contribution in [-0.4, -0.2) is 19.2 Å². The van der Waals surface area contributed by atoms with Crippen molar-refractivity contribution in [3.05, 3.63) is 21.8 Å². The van der Waals surface area contributed by atoms with Gasteiger partial charge in [-0.1, -0.05) is 0 Å². The Morgan fingerprint density at radius 2 is 2.21 bits per heavy atom. The molecule has 0 aliphatic carbocycles. The molecule has 0 spiro atoms. The molecule has 0 bridgehead atoms. The Morgan fingerprint density at radius 1 is 1.57 bits per heavy atom. The minimum Gasteiger partial charge on any atom is -0.336 e. The number of rotatable bonds is 0. The first kappa shape index (κ1) is 8.54. The fraction of sp³-hybridized carbons (Fsp3) is 0.286. The first-order valence-corrected chi connectivity index (χ1v) is 4.00. The van der Waals surface area contributed by atoms with Gasteiger partial charge in [-0.25, -0.2) is 4.98 Å². The molecule has 2 aromatic rings. The second-order valence-electron chi connectivity index (χ2n) is 3.08. The van der Waals surface area contributed by atoms with Crippen LogP contribution in [0.15, 0.2) is 4.79 Å². The number of nitrogens with one attached hydrogen (secondary N) is 2. The van der Waals surface area contributed by atoms with E-state index in [0.29, 0.717) is 17.0 Å². The van der Waals surface area contributed by atoms with Crippen molar-refractivity contribution in [3.63, 3.8) is 0 Å². The molecule has 2 rings (SSSR count). The summed E-state index contributed by atoms with van der Waals surface area (Å²) in [7, 11) is 1.63. The van der Waals surface area contributed by atoms with Crippen LogP contribution in [0.4, 0.5) is 0 Å². The third kappa shape index (κ3) is 0.889. The standard InChI is InChI=1S/C7H10N6O/c1-3-10-4-5(11-3)12(2)7(8)13(9)6(4)14/h8H,9H2,1-2H3,(H,10,11). The Morgan fingerprint density at radius 3 is 2.86 bits per heavy atom. The first-order chi connectivity index (χ1) is 6.52. The summed E-state index contributed by atoms with van der Waals surface area (Å²) in [5, 5.41) is 7.52. The van der Waals surface area contributed by atoms with Crippen LogP contribution in [0.5, 0.6) is 0 Å². The molecule has 0 amide bonds. The number of nitrogen functional groups attached to an aromatic ring is 1. The molecule has 0 aromatic carbocycles. The van der Waals surface area contributed by atoms with E-state index >= 15 is 0 Å². The van der Waals surface area contributed by atoms with Gasteiger partial charge in [-0.2, -0.15) is 4.68 Å². The SMILES string of the molecule is Cc1nc2c([nH]1)c(=O)n(N)c(=N)n2C. The maximum absolute atomic E-state index is 11.5. The number of nitrogens with zero attached hydrogens (tertiary/aromatic N) is 3. The van der Waals surface area contributed by atoms with Gasteiger partial charge in [-0.15, -0.1) is 0 Å². The lowest BCUT2D eigenvalue weighted by atomic mass is 10.5. The number of aromatic amines is 1. The average Bonchev–Trinajstić information content (AvgIpc) is 2.54. The highest BCUT2D eigenvalue weighted by Crippen LogP contribution is 2.01. The lowest BCUT2D eigenvalue weighted by Crippen LogP contribution is -2.44. The number of H-pyrrole nitrogens is 1. The van der Waals surface area contributed by atoms with Gasteiger partial charge in [0.25, 0.3) is 5.56 Å². The Kier molecular flexibility index (Phi) is 1.51. The number of aryl methyl sites for hydroxylation is 2. The van der Waals surface area contributed by atoms with E-state index in [2.05, 4.69) is 9.97 Å². The molecule has 0 saturated carbocycles. The Balaban J connectivity index is 3.17. The predicted octanol–water partition coefficient (Wildman–Crippen LogP) is -1.44. The van der Waals surface area contributed by atoms with Crippen molar-refractivity contribution in [3.8, 4) is 0 Å². The summed E-state index contributed by atoms with van der Waals surface area (Å²) >= 11 is 0.